The number of hydrogen-bond acceptors (Lipinski definition) is 4. The maximum atomic E-state index is 12.8. The lowest BCUT2D eigenvalue weighted by molar-refractivity contribution is -0.137. The SMILES string of the molecule is N#Cc1cc(C(F)(F)F)ccc1N1CCN(C(=O)c2cccs2)CC1. The molecule has 1 saturated heterocycles. The Morgan fingerprint density at radius 2 is 1.88 bits per heavy atom. The van der Waals surface area contributed by atoms with Gasteiger partial charge in [-0.05, 0) is 29.6 Å². The van der Waals surface area contributed by atoms with E-state index in [9.17, 15) is 23.2 Å². The molecule has 0 bridgehead atoms. The molecular weight excluding hydrogens is 351 g/mol. The third-order valence-corrected chi connectivity index (χ3v) is 4.94. The Balaban J connectivity index is 1.73. The number of halogens is 3. The molecule has 0 aliphatic carbocycles. The van der Waals surface area contributed by atoms with Crippen LogP contribution >= 0.6 is 11.3 Å². The number of alkyl halides is 3. The minimum Gasteiger partial charge on any atom is -0.367 e. The molecule has 1 aromatic carbocycles. The number of nitriles is 1. The summed E-state index contributed by atoms with van der Waals surface area (Å²) in [6.07, 6.45) is -4.48. The van der Waals surface area contributed by atoms with Gasteiger partial charge in [-0.3, -0.25) is 4.79 Å². The van der Waals surface area contributed by atoms with Crippen molar-refractivity contribution in [1.29, 1.82) is 5.26 Å². The summed E-state index contributed by atoms with van der Waals surface area (Å²) in [6.45, 7) is 1.86. The normalized spacial score (nSPS) is 15.1. The van der Waals surface area contributed by atoms with Gasteiger partial charge in [-0.1, -0.05) is 6.07 Å². The van der Waals surface area contributed by atoms with E-state index < -0.39 is 11.7 Å². The molecular formula is C17H14F3N3OS. The highest BCUT2D eigenvalue weighted by Gasteiger charge is 2.32. The fourth-order valence-corrected chi connectivity index (χ4v) is 3.47. The van der Waals surface area contributed by atoms with E-state index in [2.05, 4.69) is 0 Å². The molecule has 0 unspecified atom stereocenters. The van der Waals surface area contributed by atoms with Gasteiger partial charge in [0.1, 0.15) is 6.07 Å². The molecule has 1 aliphatic rings. The molecule has 1 fully saturated rings. The van der Waals surface area contributed by atoms with Crippen LogP contribution in [0, 0.1) is 11.3 Å². The van der Waals surface area contributed by atoms with Crippen molar-refractivity contribution in [3.05, 3.63) is 51.7 Å². The first-order valence-electron chi connectivity index (χ1n) is 7.59. The van der Waals surface area contributed by atoms with Crippen molar-refractivity contribution >= 4 is 22.9 Å². The van der Waals surface area contributed by atoms with Crippen molar-refractivity contribution in [3.8, 4) is 6.07 Å². The summed E-state index contributed by atoms with van der Waals surface area (Å²) in [5.41, 5.74) is -0.370. The van der Waals surface area contributed by atoms with Crippen molar-refractivity contribution < 1.29 is 18.0 Å². The van der Waals surface area contributed by atoms with Crippen molar-refractivity contribution in [1.82, 2.24) is 4.90 Å². The van der Waals surface area contributed by atoms with Crippen LogP contribution in [0.2, 0.25) is 0 Å². The highest BCUT2D eigenvalue weighted by Crippen LogP contribution is 2.33. The summed E-state index contributed by atoms with van der Waals surface area (Å²) in [5.74, 6) is -0.0393. The van der Waals surface area contributed by atoms with Crippen LogP contribution < -0.4 is 4.90 Å². The van der Waals surface area contributed by atoms with Crippen LogP contribution in [0.1, 0.15) is 20.8 Å². The summed E-state index contributed by atoms with van der Waals surface area (Å²) in [6, 6.07) is 8.61. The molecule has 1 aromatic heterocycles. The monoisotopic (exact) mass is 365 g/mol. The summed E-state index contributed by atoms with van der Waals surface area (Å²) in [5, 5.41) is 11.0. The Hall–Kier alpha value is -2.53. The quantitative estimate of drug-likeness (QED) is 0.817. The molecule has 0 radical (unpaired) electrons. The Kier molecular flexibility index (Phi) is 4.68. The zero-order chi connectivity index (χ0) is 18.0. The van der Waals surface area contributed by atoms with Gasteiger partial charge in [0.2, 0.25) is 0 Å². The Morgan fingerprint density at radius 1 is 1.16 bits per heavy atom. The average Bonchev–Trinajstić information content (AvgIpc) is 3.14. The molecule has 0 atom stereocenters. The minimum atomic E-state index is -4.48. The molecule has 1 aliphatic heterocycles. The molecule has 0 N–H and O–H groups in total. The van der Waals surface area contributed by atoms with Crippen molar-refractivity contribution in [2.45, 2.75) is 6.18 Å². The van der Waals surface area contributed by atoms with E-state index in [1.54, 1.807) is 11.0 Å². The van der Waals surface area contributed by atoms with Crippen molar-refractivity contribution in [3.63, 3.8) is 0 Å². The van der Waals surface area contributed by atoms with E-state index >= 15 is 0 Å². The molecule has 2 aromatic rings. The number of carbonyl (C=O) groups is 1. The Labute approximate surface area is 146 Å². The molecule has 25 heavy (non-hydrogen) atoms. The number of anilines is 1. The fourth-order valence-electron chi connectivity index (χ4n) is 2.78. The highest BCUT2D eigenvalue weighted by molar-refractivity contribution is 7.12. The highest BCUT2D eigenvalue weighted by atomic mass is 32.1. The van der Waals surface area contributed by atoms with Crippen molar-refractivity contribution in [2.24, 2.45) is 0 Å². The Bertz CT molecular complexity index is 804. The average molecular weight is 365 g/mol. The van der Waals surface area contributed by atoms with Gasteiger partial charge in [-0.25, -0.2) is 0 Å². The summed E-state index contributed by atoms with van der Waals surface area (Å²) in [7, 11) is 0. The van der Waals surface area contributed by atoms with Gasteiger partial charge >= 0.3 is 6.18 Å². The summed E-state index contributed by atoms with van der Waals surface area (Å²) >= 11 is 1.38. The predicted molar refractivity (Wildman–Crippen MR) is 88.6 cm³/mol. The zero-order valence-electron chi connectivity index (χ0n) is 13.1. The number of carbonyl (C=O) groups excluding carboxylic acids is 1. The molecule has 0 saturated carbocycles. The molecule has 8 heteroatoms. The number of rotatable bonds is 2. The molecule has 3 rings (SSSR count). The lowest BCUT2D eigenvalue weighted by Crippen LogP contribution is -2.48. The third-order valence-electron chi connectivity index (χ3n) is 4.08. The first-order chi connectivity index (χ1) is 11.9. The fraction of sp³-hybridized carbons (Fsp3) is 0.294. The minimum absolute atomic E-state index is 0.00661. The van der Waals surface area contributed by atoms with Gasteiger partial charge in [0.05, 0.1) is 21.7 Å². The van der Waals surface area contributed by atoms with Crippen LogP contribution in [0.25, 0.3) is 0 Å². The molecule has 4 nitrogen and oxygen atoms in total. The van der Waals surface area contributed by atoms with E-state index in [0.29, 0.717) is 36.7 Å². The van der Waals surface area contributed by atoms with Crippen LogP contribution in [0.4, 0.5) is 18.9 Å². The van der Waals surface area contributed by atoms with Crippen LogP contribution in [-0.4, -0.2) is 37.0 Å². The second-order valence-electron chi connectivity index (χ2n) is 5.60. The third kappa shape index (κ3) is 3.61. The van der Waals surface area contributed by atoms with Gasteiger partial charge in [0.25, 0.3) is 5.91 Å². The number of hydrogen-bond donors (Lipinski definition) is 0. The molecule has 130 valence electrons. The number of benzene rings is 1. The van der Waals surface area contributed by atoms with E-state index in [1.165, 1.54) is 17.4 Å². The predicted octanol–water partition coefficient (Wildman–Crippen LogP) is 3.60. The summed E-state index contributed by atoms with van der Waals surface area (Å²) < 4.78 is 38.4. The van der Waals surface area contributed by atoms with E-state index in [-0.39, 0.29) is 11.5 Å². The topological polar surface area (TPSA) is 47.3 Å². The van der Waals surface area contributed by atoms with Crippen LogP contribution in [0.3, 0.4) is 0 Å². The number of amides is 1. The lowest BCUT2D eigenvalue weighted by atomic mass is 10.1. The van der Waals surface area contributed by atoms with Gasteiger partial charge in [-0.15, -0.1) is 11.3 Å². The standard InChI is InChI=1S/C17H14F3N3OS/c18-17(19,20)13-3-4-14(12(10-13)11-21)22-5-7-23(8-6-22)16(24)15-2-1-9-25-15/h1-4,9-10H,5-8H2. The smallest absolute Gasteiger partial charge is 0.367 e. The number of nitrogens with zero attached hydrogens (tertiary/aromatic N) is 3. The Morgan fingerprint density at radius 3 is 2.44 bits per heavy atom. The van der Waals surface area contributed by atoms with Gasteiger partial charge in [0.15, 0.2) is 0 Å². The van der Waals surface area contributed by atoms with Gasteiger partial charge < -0.3 is 9.80 Å². The van der Waals surface area contributed by atoms with Crippen LogP contribution in [0.15, 0.2) is 35.7 Å². The largest absolute Gasteiger partial charge is 0.416 e. The first-order valence-corrected chi connectivity index (χ1v) is 8.47. The second-order valence-corrected chi connectivity index (χ2v) is 6.55. The number of thiophene rings is 1. The van der Waals surface area contributed by atoms with Crippen LogP contribution in [-0.2, 0) is 6.18 Å². The number of piperazine rings is 1. The van der Waals surface area contributed by atoms with Crippen molar-refractivity contribution in [2.75, 3.05) is 31.1 Å². The van der Waals surface area contributed by atoms with E-state index in [1.807, 2.05) is 22.4 Å². The summed E-state index contributed by atoms with van der Waals surface area (Å²) in [4.78, 5) is 16.6. The maximum absolute atomic E-state index is 12.8. The second kappa shape index (κ2) is 6.76. The van der Waals surface area contributed by atoms with E-state index in [0.717, 1.165) is 12.1 Å². The van der Waals surface area contributed by atoms with Gasteiger partial charge in [0, 0.05) is 26.2 Å². The molecule has 1 amide bonds. The zero-order valence-corrected chi connectivity index (χ0v) is 13.9. The van der Waals surface area contributed by atoms with E-state index in [4.69, 9.17) is 0 Å². The molecule has 2 heterocycles. The molecule has 0 spiro atoms. The lowest BCUT2D eigenvalue weighted by Gasteiger charge is -2.36. The maximum Gasteiger partial charge on any atom is 0.416 e. The van der Waals surface area contributed by atoms with Crippen LogP contribution in [0.5, 0.6) is 0 Å². The first kappa shape index (κ1) is 17.3. The van der Waals surface area contributed by atoms with Gasteiger partial charge in [-0.2, -0.15) is 18.4 Å².